The second-order valence-electron chi connectivity index (χ2n) is 6.41. The molecule has 1 aliphatic carbocycles. The third kappa shape index (κ3) is 2.66. The molecule has 4 rings (SSSR count). The van der Waals surface area contributed by atoms with Crippen LogP contribution in [0.4, 0.5) is 0 Å². The van der Waals surface area contributed by atoms with Crippen molar-refractivity contribution < 1.29 is 9.53 Å². The summed E-state index contributed by atoms with van der Waals surface area (Å²) in [5.74, 6) is 0.646. The predicted molar refractivity (Wildman–Crippen MR) is 88.3 cm³/mol. The van der Waals surface area contributed by atoms with Crippen LogP contribution in [0, 0.1) is 5.92 Å². The molecule has 2 aliphatic rings. The van der Waals surface area contributed by atoms with Crippen LogP contribution in [0.15, 0.2) is 30.7 Å². The van der Waals surface area contributed by atoms with Gasteiger partial charge in [-0.15, -0.1) is 11.3 Å². The zero-order valence-electron chi connectivity index (χ0n) is 13.1. The van der Waals surface area contributed by atoms with E-state index >= 15 is 0 Å². The Kier molecular flexibility index (Phi) is 3.66. The summed E-state index contributed by atoms with van der Waals surface area (Å²) in [6, 6.07) is 3.84. The Labute approximate surface area is 139 Å². The van der Waals surface area contributed by atoms with Gasteiger partial charge in [0, 0.05) is 24.5 Å². The van der Waals surface area contributed by atoms with Gasteiger partial charge in [0.2, 0.25) is 0 Å². The van der Waals surface area contributed by atoms with E-state index in [1.165, 1.54) is 24.2 Å². The summed E-state index contributed by atoms with van der Waals surface area (Å²) >= 11 is 1.44. The van der Waals surface area contributed by atoms with Crippen molar-refractivity contribution in [2.24, 2.45) is 5.92 Å². The highest BCUT2D eigenvalue weighted by Crippen LogP contribution is 2.45. The summed E-state index contributed by atoms with van der Waals surface area (Å²) in [6.07, 6.45) is 7.58. The van der Waals surface area contributed by atoms with Crippen molar-refractivity contribution in [2.75, 3.05) is 19.8 Å². The lowest BCUT2D eigenvalue weighted by Gasteiger charge is -2.44. The van der Waals surface area contributed by atoms with Crippen molar-refractivity contribution >= 4 is 17.2 Å². The first-order chi connectivity index (χ1) is 11.2. The predicted octanol–water partition coefficient (Wildman–Crippen LogP) is 2.85. The Morgan fingerprint density at radius 1 is 1.43 bits per heavy atom. The minimum absolute atomic E-state index is 0.0790. The van der Waals surface area contributed by atoms with Crippen LogP contribution in [0.5, 0.6) is 0 Å². The highest BCUT2D eigenvalue weighted by Gasteiger charge is 2.49. The first kappa shape index (κ1) is 14.8. The Balaban J connectivity index is 1.60. The molecular formula is C17H19N3O2S. The zero-order valence-corrected chi connectivity index (χ0v) is 13.9. The van der Waals surface area contributed by atoms with Crippen LogP contribution in [-0.2, 0) is 4.74 Å². The minimum atomic E-state index is -0.173. The normalized spacial score (nSPS) is 24.7. The van der Waals surface area contributed by atoms with E-state index in [2.05, 4.69) is 16.9 Å². The Morgan fingerprint density at radius 2 is 2.30 bits per heavy atom. The van der Waals surface area contributed by atoms with Crippen LogP contribution in [0.2, 0.25) is 0 Å². The molecule has 120 valence electrons. The molecule has 1 saturated heterocycles. The van der Waals surface area contributed by atoms with Gasteiger partial charge in [0.05, 0.1) is 24.9 Å². The quantitative estimate of drug-likeness (QED) is 0.869. The van der Waals surface area contributed by atoms with Crippen LogP contribution in [0.3, 0.4) is 0 Å². The number of ether oxygens (including phenoxy) is 1. The van der Waals surface area contributed by atoms with E-state index < -0.39 is 0 Å². The van der Waals surface area contributed by atoms with Gasteiger partial charge < -0.3 is 9.64 Å². The number of nitrogens with zero attached hydrogens (tertiary/aromatic N) is 3. The monoisotopic (exact) mass is 329 g/mol. The molecule has 0 bridgehead atoms. The van der Waals surface area contributed by atoms with E-state index in [4.69, 9.17) is 4.74 Å². The smallest absolute Gasteiger partial charge is 0.266 e. The molecule has 1 amide bonds. The summed E-state index contributed by atoms with van der Waals surface area (Å²) in [5.41, 5.74) is 0.775. The molecule has 0 unspecified atom stereocenters. The third-order valence-corrected chi connectivity index (χ3v) is 5.83. The number of morpholine rings is 1. The average Bonchev–Trinajstić information content (AvgIpc) is 3.34. The minimum Gasteiger partial charge on any atom is -0.377 e. The van der Waals surface area contributed by atoms with Crippen LogP contribution in [0.25, 0.3) is 10.6 Å². The van der Waals surface area contributed by atoms with Crippen LogP contribution >= 0.6 is 11.3 Å². The van der Waals surface area contributed by atoms with Crippen LogP contribution in [-0.4, -0.2) is 46.1 Å². The number of hydrogen-bond donors (Lipinski definition) is 0. The molecule has 0 spiro atoms. The lowest BCUT2D eigenvalue weighted by atomic mass is 9.93. The maximum Gasteiger partial charge on any atom is 0.266 e. The highest BCUT2D eigenvalue weighted by molar-refractivity contribution is 7.16. The lowest BCUT2D eigenvalue weighted by molar-refractivity contribution is -0.0545. The summed E-state index contributed by atoms with van der Waals surface area (Å²) < 4.78 is 5.66. The second-order valence-corrected chi connectivity index (χ2v) is 7.44. The van der Waals surface area contributed by atoms with Crippen molar-refractivity contribution in [3.8, 4) is 10.6 Å². The number of carbonyl (C=O) groups is 1. The first-order valence-corrected chi connectivity index (χ1v) is 8.76. The summed E-state index contributed by atoms with van der Waals surface area (Å²) in [7, 11) is 0. The van der Waals surface area contributed by atoms with E-state index in [0.717, 1.165) is 10.6 Å². The number of aromatic nitrogens is 2. The SMILES string of the molecule is C[C@@]1(C2CC2)COCCN1C(=O)c1cnc(-c2cccnc2)s1. The molecule has 1 saturated carbocycles. The van der Waals surface area contributed by atoms with Crippen LogP contribution < -0.4 is 0 Å². The fourth-order valence-corrected chi connectivity index (χ4v) is 4.13. The standard InChI is InChI=1S/C17H19N3O2S/c1-17(13-4-5-13)11-22-8-7-20(17)16(21)14-10-19-15(23-14)12-3-2-6-18-9-12/h2-3,6,9-10,13H,4-5,7-8,11H2,1H3/t17-/m0/s1. The van der Waals surface area contributed by atoms with E-state index in [1.54, 1.807) is 18.6 Å². The zero-order chi connectivity index (χ0) is 15.9. The molecule has 0 radical (unpaired) electrons. The van der Waals surface area contributed by atoms with Crippen molar-refractivity contribution in [1.82, 2.24) is 14.9 Å². The number of pyridine rings is 1. The summed E-state index contributed by atoms with van der Waals surface area (Å²) in [4.78, 5) is 24.2. The molecule has 23 heavy (non-hydrogen) atoms. The average molecular weight is 329 g/mol. The maximum absolute atomic E-state index is 13.0. The molecule has 6 heteroatoms. The number of rotatable bonds is 3. The number of hydrogen-bond acceptors (Lipinski definition) is 5. The molecule has 1 atom stereocenters. The van der Waals surface area contributed by atoms with E-state index in [1.807, 2.05) is 17.0 Å². The van der Waals surface area contributed by atoms with Crippen molar-refractivity contribution in [1.29, 1.82) is 0 Å². The van der Waals surface area contributed by atoms with E-state index in [0.29, 0.717) is 30.6 Å². The largest absolute Gasteiger partial charge is 0.377 e. The van der Waals surface area contributed by atoms with E-state index in [9.17, 15) is 4.79 Å². The van der Waals surface area contributed by atoms with Gasteiger partial charge in [0.15, 0.2) is 0 Å². The fourth-order valence-electron chi connectivity index (χ4n) is 3.27. The number of carbonyl (C=O) groups excluding carboxylic acids is 1. The Morgan fingerprint density at radius 3 is 3.04 bits per heavy atom. The lowest BCUT2D eigenvalue weighted by Crippen LogP contribution is -2.58. The Bertz CT molecular complexity index is 714. The molecule has 0 aromatic carbocycles. The molecular weight excluding hydrogens is 310 g/mol. The molecule has 3 heterocycles. The van der Waals surface area contributed by atoms with E-state index in [-0.39, 0.29) is 11.4 Å². The molecule has 1 aliphatic heterocycles. The van der Waals surface area contributed by atoms with Crippen LogP contribution in [0.1, 0.15) is 29.4 Å². The molecule has 2 fully saturated rings. The number of amides is 1. The van der Waals surface area contributed by atoms with Gasteiger partial charge in [-0.25, -0.2) is 4.98 Å². The molecule has 2 aromatic rings. The molecule has 2 aromatic heterocycles. The summed E-state index contributed by atoms with van der Waals surface area (Å²) in [6.45, 7) is 4.07. The topological polar surface area (TPSA) is 55.3 Å². The van der Waals surface area contributed by atoms with Gasteiger partial charge in [-0.3, -0.25) is 9.78 Å². The van der Waals surface area contributed by atoms with Gasteiger partial charge in [0.1, 0.15) is 9.88 Å². The van der Waals surface area contributed by atoms with Gasteiger partial charge in [-0.05, 0) is 37.8 Å². The van der Waals surface area contributed by atoms with Gasteiger partial charge in [-0.1, -0.05) is 0 Å². The molecule has 5 nitrogen and oxygen atoms in total. The van der Waals surface area contributed by atoms with Gasteiger partial charge in [-0.2, -0.15) is 0 Å². The third-order valence-electron chi connectivity index (χ3n) is 4.80. The van der Waals surface area contributed by atoms with Crippen molar-refractivity contribution in [3.63, 3.8) is 0 Å². The second kappa shape index (κ2) is 5.69. The Hall–Kier alpha value is -1.79. The molecule has 0 N–H and O–H groups in total. The number of thiazole rings is 1. The maximum atomic E-state index is 13.0. The van der Waals surface area contributed by atoms with Crippen molar-refractivity contribution in [2.45, 2.75) is 25.3 Å². The van der Waals surface area contributed by atoms with Crippen molar-refractivity contribution in [3.05, 3.63) is 35.6 Å². The van der Waals surface area contributed by atoms with Gasteiger partial charge >= 0.3 is 0 Å². The fraction of sp³-hybridized carbons (Fsp3) is 0.471. The first-order valence-electron chi connectivity index (χ1n) is 7.94. The highest BCUT2D eigenvalue weighted by atomic mass is 32.1. The van der Waals surface area contributed by atoms with Gasteiger partial charge in [0.25, 0.3) is 5.91 Å². The summed E-state index contributed by atoms with van der Waals surface area (Å²) in [5, 5.41) is 0.836.